The molecule has 0 amide bonds. The van der Waals surface area contributed by atoms with Crippen LogP contribution < -0.4 is 0 Å². The molecule has 0 saturated carbocycles. The third-order valence-electron chi connectivity index (χ3n) is 0.682. The van der Waals surface area contributed by atoms with Gasteiger partial charge in [0.15, 0.2) is 0 Å². The molecule has 0 heterocycles. The van der Waals surface area contributed by atoms with Crippen LogP contribution in [0.5, 0.6) is 0 Å². The number of thiol groups is 2. The van der Waals surface area contributed by atoms with E-state index in [0.717, 1.165) is 0 Å². The predicted molar refractivity (Wildman–Crippen MR) is 37.2 cm³/mol. The largest absolute Gasteiger partial charge is 0.272 e. The molecule has 6 nitrogen and oxygen atoms in total. The first-order valence-corrected chi connectivity index (χ1v) is 4.86. The lowest BCUT2D eigenvalue weighted by atomic mass is 10.5. The van der Waals surface area contributed by atoms with Gasteiger partial charge in [0.2, 0.25) is 0 Å². The molecule has 0 aromatic carbocycles. The molecule has 0 bridgehead atoms. The molecule has 0 spiro atoms. The molecular formula is C3H8O6S2. The zero-order valence-electron chi connectivity index (χ0n) is 5.47. The fraction of sp³-hybridized carbons (Fsp3) is 1.00. The van der Waals surface area contributed by atoms with Crippen molar-refractivity contribution in [1.29, 1.82) is 0 Å². The van der Waals surface area contributed by atoms with Gasteiger partial charge in [0, 0.05) is 0 Å². The van der Waals surface area contributed by atoms with Crippen LogP contribution >= 0.6 is 0 Å². The molecule has 0 aromatic heterocycles. The van der Waals surface area contributed by atoms with Gasteiger partial charge in [0.1, 0.15) is 0 Å². The Morgan fingerprint density at radius 2 is 1.18 bits per heavy atom. The molecule has 0 N–H and O–H groups in total. The predicted octanol–water partition coefficient (Wildman–Crippen LogP) is -1.54. The molecule has 0 atom stereocenters. The van der Waals surface area contributed by atoms with E-state index in [-0.39, 0.29) is 19.6 Å². The average molecular weight is 204 g/mol. The van der Waals surface area contributed by atoms with Crippen molar-refractivity contribution in [2.75, 3.05) is 13.2 Å². The van der Waals surface area contributed by atoms with Crippen molar-refractivity contribution in [1.82, 2.24) is 0 Å². The fourth-order valence-electron chi connectivity index (χ4n) is 0.337. The van der Waals surface area contributed by atoms with Crippen LogP contribution in [0.25, 0.3) is 0 Å². The van der Waals surface area contributed by atoms with Crippen LogP contribution in [-0.4, -0.2) is 30.0 Å². The lowest BCUT2D eigenvalue weighted by molar-refractivity contribution is 0.266. The molecule has 11 heavy (non-hydrogen) atoms. The van der Waals surface area contributed by atoms with Crippen LogP contribution in [0.4, 0.5) is 0 Å². The maximum Gasteiger partial charge on any atom is 0.257 e. The average Bonchev–Trinajstić information content (AvgIpc) is 1.85. The van der Waals surface area contributed by atoms with Gasteiger partial charge in [0.05, 0.1) is 13.2 Å². The van der Waals surface area contributed by atoms with Crippen molar-refractivity contribution in [3.8, 4) is 0 Å². The molecule has 0 saturated heterocycles. The SMILES string of the molecule is O=[SH](=O)OCCCO[SH](=O)=O. The zero-order valence-corrected chi connectivity index (χ0v) is 7.25. The molecule has 0 rings (SSSR count). The summed E-state index contributed by atoms with van der Waals surface area (Å²) in [4.78, 5) is 0. The quantitative estimate of drug-likeness (QED) is 0.403. The van der Waals surface area contributed by atoms with E-state index >= 15 is 0 Å². The van der Waals surface area contributed by atoms with E-state index in [2.05, 4.69) is 8.37 Å². The summed E-state index contributed by atoms with van der Waals surface area (Å²) in [5.74, 6) is 0. The molecule has 8 heteroatoms. The molecule has 0 radical (unpaired) electrons. The Hall–Kier alpha value is -0.180. The highest BCUT2D eigenvalue weighted by Crippen LogP contribution is 1.84. The third-order valence-corrected chi connectivity index (χ3v) is 1.47. The minimum Gasteiger partial charge on any atom is -0.272 e. The van der Waals surface area contributed by atoms with Gasteiger partial charge in [-0.05, 0) is 6.42 Å². The summed E-state index contributed by atoms with van der Waals surface area (Å²) in [6, 6.07) is 0. The van der Waals surface area contributed by atoms with Gasteiger partial charge in [-0.15, -0.1) is 0 Å². The molecular weight excluding hydrogens is 196 g/mol. The highest BCUT2D eigenvalue weighted by Gasteiger charge is 1.90. The van der Waals surface area contributed by atoms with Crippen LogP contribution in [0.2, 0.25) is 0 Å². The molecule has 0 aliphatic rings. The molecule has 0 fully saturated rings. The lowest BCUT2D eigenvalue weighted by Crippen LogP contribution is -1.98. The van der Waals surface area contributed by atoms with Gasteiger partial charge in [0.25, 0.3) is 22.0 Å². The minimum atomic E-state index is -2.84. The second-order valence-electron chi connectivity index (χ2n) is 1.47. The van der Waals surface area contributed by atoms with Crippen LogP contribution in [0.3, 0.4) is 0 Å². The summed E-state index contributed by atoms with van der Waals surface area (Å²) in [6.07, 6.45) is 0.229. The Balaban J connectivity index is 3.15. The summed E-state index contributed by atoms with van der Waals surface area (Å²) in [5, 5.41) is 0. The number of hydrogen-bond donors (Lipinski definition) is 2. The van der Waals surface area contributed by atoms with E-state index < -0.39 is 22.0 Å². The Morgan fingerprint density at radius 3 is 1.45 bits per heavy atom. The third kappa shape index (κ3) is 9.82. The lowest BCUT2D eigenvalue weighted by Gasteiger charge is -1.93. The van der Waals surface area contributed by atoms with E-state index in [1.54, 1.807) is 0 Å². The molecule has 0 unspecified atom stereocenters. The van der Waals surface area contributed by atoms with Crippen molar-refractivity contribution in [3.63, 3.8) is 0 Å². The Bertz CT molecular complexity index is 188. The van der Waals surface area contributed by atoms with Crippen molar-refractivity contribution >= 4 is 22.0 Å². The molecule has 0 aliphatic carbocycles. The van der Waals surface area contributed by atoms with Crippen molar-refractivity contribution in [2.45, 2.75) is 6.42 Å². The van der Waals surface area contributed by atoms with Crippen molar-refractivity contribution in [2.24, 2.45) is 0 Å². The maximum atomic E-state index is 9.75. The van der Waals surface area contributed by atoms with Gasteiger partial charge < -0.3 is 0 Å². The summed E-state index contributed by atoms with van der Waals surface area (Å²) < 4.78 is 47.2. The monoisotopic (exact) mass is 204 g/mol. The fourth-order valence-corrected chi connectivity index (χ4v) is 0.893. The summed E-state index contributed by atoms with van der Waals surface area (Å²) in [6.45, 7) is -0.107. The highest BCUT2D eigenvalue weighted by atomic mass is 32.2. The Morgan fingerprint density at radius 1 is 0.818 bits per heavy atom. The van der Waals surface area contributed by atoms with E-state index in [1.165, 1.54) is 0 Å². The summed E-state index contributed by atoms with van der Waals surface area (Å²) >= 11 is 0. The van der Waals surface area contributed by atoms with Gasteiger partial charge in [-0.1, -0.05) is 0 Å². The standard InChI is InChI=1S/C3H8O6S2/c4-10(5)8-2-1-3-9-11(6)7/h10-11H,1-3H2. The molecule has 0 aromatic rings. The highest BCUT2D eigenvalue weighted by molar-refractivity contribution is 7.67. The number of rotatable bonds is 6. The number of hydrogen-bond acceptors (Lipinski definition) is 6. The molecule has 0 aliphatic heterocycles. The Labute approximate surface area is 67.4 Å². The second-order valence-corrected chi connectivity index (χ2v) is 2.88. The smallest absolute Gasteiger partial charge is 0.257 e. The van der Waals surface area contributed by atoms with Gasteiger partial charge >= 0.3 is 0 Å². The first-order chi connectivity index (χ1) is 5.13. The maximum absolute atomic E-state index is 9.75. The van der Waals surface area contributed by atoms with E-state index in [0.29, 0.717) is 0 Å². The van der Waals surface area contributed by atoms with Crippen molar-refractivity contribution in [3.05, 3.63) is 0 Å². The normalized spacial score (nSPS) is 11.1. The van der Waals surface area contributed by atoms with Crippen LogP contribution in [-0.2, 0) is 30.3 Å². The zero-order chi connectivity index (χ0) is 8.69. The van der Waals surface area contributed by atoms with Crippen LogP contribution in [0.15, 0.2) is 0 Å². The first-order valence-electron chi connectivity index (χ1n) is 2.67. The minimum absolute atomic E-state index is 0.0537. The summed E-state index contributed by atoms with van der Waals surface area (Å²) in [5.41, 5.74) is 0. The topological polar surface area (TPSA) is 86.7 Å². The second kappa shape index (κ2) is 6.53. The van der Waals surface area contributed by atoms with E-state index in [9.17, 15) is 16.8 Å². The van der Waals surface area contributed by atoms with E-state index in [1.807, 2.05) is 0 Å². The molecule has 68 valence electrons. The van der Waals surface area contributed by atoms with Gasteiger partial charge in [-0.3, -0.25) is 8.37 Å². The van der Waals surface area contributed by atoms with E-state index in [4.69, 9.17) is 0 Å². The van der Waals surface area contributed by atoms with Crippen molar-refractivity contribution < 1.29 is 25.2 Å². The first kappa shape index (κ1) is 10.8. The summed E-state index contributed by atoms with van der Waals surface area (Å²) in [7, 11) is -5.68. The Kier molecular flexibility index (Phi) is 6.42. The van der Waals surface area contributed by atoms with Gasteiger partial charge in [-0.25, -0.2) is 16.8 Å². The van der Waals surface area contributed by atoms with Crippen LogP contribution in [0.1, 0.15) is 6.42 Å². The van der Waals surface area contributed by atoms with Gasteiger partial charge in [-0.2, -0.15) is 0 Å². The van der Waals surface area contributed by atoms with Crippen LogP contribution in [0, 0.1) is 0 Å².